The molecule has 0 unspecified atom stereocenters. The largest absolute Gasteiger partial charge is 0.350 e. The predicted molar refractivity (Wildman–Crippen MR) is 59.5 cm³/mol. The first-order chi connectivity index (χ1) is 7.77. The van der Waals surface area contributed by atoms with E-state index in [2.05, 4.69) is 27.5 Å². The third kappa shape index (κ3) is 3.71. The highest BCUT2D eigenvalue weighted by molar-refractivity contribution is 5.91. The molecule has 0 aliphatic heterocycles. The van der Waals surface area contributed by atoms with Gasteiger partial charge in [0.05, 0.1) is 12.7 Å². The van der Waals surface area contributed by atoms with Crippen LogP contribution in [0.1, 0.15) is 23.8 Å². The van der Waals surface area contributed by atoms with Gasteiger partial charge in [-0.15, -0.1) is 16.9 Å². The van der Waals surface area contributed by atoms with Crippen molar-refractivity contribution >= 4 is 5.91 Å². The second kappa shape index (κ2) is 6.58. The highest BCUT2D eigenvalue weighted by Gasteiger charge is 2.08. The number of aromatic nitrogens is 3. The number of carbonyl (C=O) groups is 1. The van der Waals surface area contributed by atoms with Gasteiger partial charge in [0.25, 0.3) is 5.91 Å². The van der Waals surface area contributed by atoms with Crippen molar-refractivity contribution in [3.05, 3.63) is 11.9 Å². The van der Waals surface area contributed by atoms with Crippen LogP contribution in [0.25, 0.3) is 0 Å². The molecule has 0 spiro atoms. The SMILES string of the molecule is CC#CCCNC(=O)c1cn(CCN)nn1. The van der Waals surface area contributed by atoms with Gasteiger partial charge in [0.1, 0.15) is 0 Å². The molecule has 0 radical (unpaired) electrons. The van der Waals surface area contributed by atoms with E-state index in [1.165, 1.54) is 0 Å². The van der Waals surface area contributed by atoms with Gasteiger partial charge in [-0.25, -0.2) is 0 Å². The Kier molecular flexibility index (Phi) is 5.02. The van der Waals surface area contributed by atoms with Crippen LogP contribution in [-0.2, 0) is 6.54 Å². The molecule has 16 heavy (non-hydrogen) atoms. The van der Waals surface area contributed by atoms with Crippen molar-refractivity contribution in [3.63, 3.8) is 0 Å². The molecule has 0 aliphatic rings. The van der Waals surface area contributed by atoms with Gasteiger partial charge in [0.15, 0.2) is 5.69 Å². The van der Waals surface area contributed by atoms with Crippen molar-refractivity contribution in [1.29, 1.82) is 0 Å². The maximum absolute atomic E-state index is 11.5. The first-order valence-corrected chi connectivity index (χ1v) is 5.06. The quantitative estimate of drug-likeness (QED) is 0.512. The zero-order chi connectivity index (χ0) is 11.8. The van der Waals surface area contributed by atoms with Gasteiger partial charge in [0.2, 0.25) is 0 Å². The van der Waals surface area contributed by atoms with E-state index < -0.39 is 0 Å². The second-order valence-corrected chi connectivity index (χ2v) is 3.09. The summed E-state index contributed by atoms with van der Waals surface area (Å²) in [6.07, 6.45) is 2.22. The third-order valence-corrected chi connectivity index (χ3v) is 1.84. The highest BCUT2D eigenvalue weighted by Crippen LogP contribution is 1.92. The molecule has 1 aromatic rings. The number of nitrogens with two attached hydrogens (primary N) is 1. The van der Waals surface area contributed by atoms with Crippen LogP contribution in [0.2, 0.25) is 0 Å². The smallest absolute Gasteiger partial charge is 0.273 e. The average Bonchev–Trinajstić information content (AvgIpc) is 2.73. The number of rotatable bonds is 5. The summed E-state index contributed by atoms with van der Waals surface area (Å²) in [5.41, 5.74) is 5.66. The van der Waals surface area contributed by atoms with Crippen molar-refractivity contribution in [2.24, 2.45) is 5.73 Å². The number of hydrogen-bond donors (Lipinski definition) is 2. The Morgan fingerprint density at radius 3 is 3.19 bits per heavy atom. The number of nitrogens with one attached hydrogen (secondary N) is 1. The molecule has 86 valence electrons. The average molecular weight is 221 g/mol. The van der Waals surface area contributed by atoms with Crippen molar-refractivity contribution in [2.45, 2.75) is 19.9 Å². The number of nitrogens with zero attached hydrogens (tertiary/aromatic N) is 3. The minimum atomic E-state index is -0.235. The van der Waals surface area contributed by atoms with E-state index in [0.29, 0.717) is 31.7 Å². The molecule has 1 amide bonds. The summed E-state index contributed by atoms with van der Waals surface area (Å²) >= 11 is 0. The second-order valence-electron chi connectivity index (χ2n) is 3.09. The lowest BCUT2D eigenvalue weighted by Gasteiger charge is -1.98. The van der Waals surface area contributed by atoms with E-state index in [1.807, 2.05) is 0 Å². The Morgan fingerprint density at radius 2 is 2.50 bits per heavy atom. The lowest BCUT2D eigenvalue weighted by molar-refractivity contribution is 0.0949. The van der Waals surface area contributed by atoms with E-state index in [-0.39, 0.29) is 5.91 Å². The maximum atomic E-state index is 11.5. The summed E-state index contributed by atoms with van der Waals surface area (Å²) < 4.78 is 1.54. The third-order valence-electron chi connectivity index (χ3n) is 1.84. The minimum absolute atomic E-state index is 0.235. The first-order valence-electron chi connectivity index (χ1n) is 5.06. The van der Waals surface area contributed by atoms with Crippen LogP contribution in [0, 0.1) is 11.8 Å². The van der Waals surface area contributed by atoms with Gasteiger partial charge in [-0.1, -0.05) is 5.21 Å². The topological polar surface area (TPSA) is 85.8 Å². The van der Waals surface area contributed by atoms with Crippen molar-refractivity contribution in [1.82, 2.24) is 20.3 Å². The van der Waals surface area contributed by atoms with Crippen molar-refractivity contribution < 1.29 is 4.79 Å². The maximum Gasteiger partial charge on any atom is 0.273 e. The Morgan fingerprint density at radius 1 is 1.69 bits per heavy atom. The zero-order valence-corrected chi connectivity index (χ0v) is 9.23. The summed E-state index contributed by atoms with van der Waals surface area (Å²) in [5.74, 6) is 5.38. The number of hydrogen-bond acceptors (Lipinski definition) is 4. The fourth-order valence-corrected chi connectivity index (χ4v) is 1.10. The summed E-state index contributed by atoms with van der Waals surface area (Å²) in [7, 11) is 0. The Hall–Kier alpha value is -1.87. The summed E-state index contributed by atoms with van der Waals surface area (Å²) in [5, 5.41) is 10.2. The van der Waals surface area contributed by atoms with E-state index in [4.69, 9.17) is 5.73 Å². The van der Waals surface area contributed by atoms with Crippen LogP contribution < -0.4 is 11.1 Å². The molecule has 6 heteroatoms. The van der Waals surface area contributed by atoms with E-state index >= 15 is 0 Å². The Bertz CT molecular complexity index is 401. The van der Waals surface area contributed by atoms with Crippen LogP contribution >= 0.6 is 0 Å². The molecule has 3 N–H and O–H groups in total. The molecule has 0 bridgehead atoms. The fraction of sp³-hybridized carbons (Fsp3) is 0.500. The van der Waals surface area contributed by atoms with Crippen LogP contribution in [0.15, 0.2) is 6.20 Å². The Balaban J connectivity index is 2.42. The first kappa shape index (κ1) is 12.2. The highest BCUT2D eigenvalue weighted by atomic mass is 16.1. The van der Waals surface area contributed by atoms with Gasteiger partial charge < -0.3 is 11.1 Å². The fourth-order valence-electron chi connectivity index (χ4n) is 1.10. The van der Waals surface area contributed by atoms with Gasteiger partial charge in [0, 0.05) is 19.5 Å². The molecule has 0 aliphatic carbocycles. The van der Waals surface area contributed by atoms with Crippen LogP contribution in [0.3, 0.4) is 0 Å². The lowest BCUT2D eigenvalue weighted by atomic mass is 10.4. The van der Waals surface area contributed by atoms with Crippen LogP contribution in [0.5, 0.6) is 0 Å². The van der Waals surface area contributed by atoms with Gasteiger partial charge >= 0.3 is 0 Å². The monoisotopic (exact) mass is 221 g/mol. The lowest BCUT2D eigenvalue weighted by Crippen LogP contribution is -2.24. The van der Waals surface area contributed by atoms with Crippen molar-refractivity contribution in [2.75, 3.05) is 13.1 Å². The summed E-state index contributed by atoms with van der Waals surface area (Å²) in [6, 6.07) is 0. The van der Waals surface area contributed by atoms with Gasteiger partial charge in [-0.3, -0.25) is 9.48 Å². The van der Waals surface area contributed by atoms with E-state index in [9.17, 15) is 4.79 Å². The number of amides is 1. The number of carbonyl (C=O) groups excluding carboxylic acids is 1. The van der Waals surface area contributed by atoms with Crippen LogP contribution in [0.4, 0.5) is 0 Å². The summed E-state index contributed by atoms with van der Waals surface area (Å²) in [6.45, 7) is 3.31. The van der Waals surface area contributed by atoms with Gasteiger partial charge in [-0.05, 0) is 6.92 Å². The van der Waals surface area contributed by atoms with Gasteiger partial charge in [-0.2, -0.15) is 0 Å². The molecule has 1 heterocycles. The molecule has 0 saturated carbocycles. The molecule has 0 fully saturated rings. The van der Waals surface area contributed by atoms with E-state index in [1.54, 1.807) is 17.8 Å². The van der Waals surface area contributed by atoms with E-state index in [0.717, 1.165) is 0 Å². The molecule has 1 rings (SSSR count). The predicted octanol–water partition coefficient (Wildman–Crippen LogP) is -0.620. The molecule has 0 aromatic carbocycles. The van der Waals surface area contributed by atoms with Crippen LogP contribution in [-0.4, -0.2) is 34.0 Å². The van der Waals surface area contributed by atoms with Crippen molar-refractivity contribution in [3.8, 4) is 11.8 Å². The normalized spacial score (nSPS) is 9.38. The molecular formula is C10H15N5O. The molecule has 0 saturated heterocycles. The molecular weight excluding hydrogens is 206 g/mol. The molecule has 6 nitrogen and oxygen atoms in total. The summed E-state index contributed by atoms with van der Waals surface area (Å²) in [4.78, 5) is 11.5. The molecule has 1 aromatic heterocycles. The molecule has 0 atom stereocenters. The Labute approximate surface area is 94.2 Å². The standard InChI is InChI=1S/C10H15N5O/c1-2-3-4-6-12-10(16)9-8-15(7-5-11)14-13-9/h8H,4-7,11H2,1H3,(H,12,16). The minimum Gasteiger partial charge on any atom is -0.350 e. The zero-order valence-electron chi connectivity index (χ0n) is 9.23.